The quantitative estimate of drug-likeness (QED) is 0.544. The highest BCUT2D eigenvalue weighted by Crippen LogP contribution is 2.30. The topological polar surface area (TPSA) is 12.9 Å². The number of alkyl halides is 3. The molecule has 0 saturated heterocycles. The van der Waals surface area contributed by atoms with Gasteiger partial charge in [-0.3, -0.25) is 0 Å². The summed E-state index contributed by atoms with van der Waals surface area (Å²) in [7, 11) is 0. The molecule has 12 heavy (non-hydrogen) atoms. The molecule has 0 aliphatic heterocycles. The van der Waals surface area contributed by atoms with Gasteiger partial charge < -0.3 is 0 Å². The van der Waals surface area contributed by atoms with Crippen LogP contribution in [0.1, 0.15) is 11.3 Å². The number of rotatable bonds is 0. The molecule has 1 aromatic heterocycles. The highest BCUT2D eigenvalue weighted by Gasteiger charge is 2.33. The van der Waals surface area contributed by atoms with Crippen LogP contribution in [-0.4, -0.2) is 4.98 Å². The predicted molar refractivity (Wildman–Crippen MR) is 37.2 cm³/mol. The Morgan fingerprint density at radius 1 is 1.42 bits per heavy atom. The Morgan fingerprint density at radius 2 is 2.08 bits per heavy atom. The van der Waals surface area contributed by atoms with Crippen molar-refractivity contribution >= 4 is 0 Å². The normalized spacial score (nSPS) is 10.8. The van der Waals surface area contributed by atoms with Crippen molar-refractivity contribution < 1.29 is 13.2 Å². The van der Waals surface area contributed by atoms with E-state index in [1.807, 2.05) is 5.92 Å². The first-order chi connectivity index (χ1) is 5.55. The van der Waals surface area contributed by atoms with Gasteiger partial charge in [-0.2, -0.15) is 13.2 Å². The molecule has 4 heteroatoms. The minimum absolute atomic E-state index is 0.370. The molecule has 1 nitrogen and oxygen atoms in total. The maximum absolute atomic E-state index is 12.1. The van der Waals surface area contributed by atoms with E-state index in [9.17, 15) is 13.2 Å². The number of hydrogen-bond donors (Lipinski definition) is 0. The fourth-order valence-electron chi connectivity index (χ4n) is 0.749. The van der Waals surface area contributed by atoms with Crippen LogP contribution in [0.2, 0.25) is 0 Å². The van der Waals surface area contributed by atoms with E-state index in [0.717, 1.165) is 6.07 Å². The van der Waals surface area contributed by atoms with Crippen LogP contribution in [0.15, 0.2) is 18.3 Å². The maximum Gasteiger partial charge on any atom is 0.419 e. The molecular formula is C8H4F3N. The Balaban J connectivity index is 3.26. The second-order valence-electron chi connectivity index (χ2n) is 2.04. The van der Waals surface area contributed by atoms with Gasteiger partial charge in [0.2, 0.25) is 0 Å². The zero-order chi connectivity index (χ0) is 9.19. The molecule has 0 spiro atoms. The summed E-state index contributed by atoms with van der Waals surface area (Å²) in [5.74, 6) is 1.87. The lowest BCUT2D eigenvalue weighted by atomic mass is 10.2. The molecule has 0 fully saturated rings. The molecule has 1 aromatic rings. The average molecular weight is 171 g/mol. The first-order valence-electron chi connectivity index (χ1n) is 3.04. The molecule has 0 unspecified atom stereocenters. The summed E-state index contributed by atoms with van der Waals surface area (Å²) in [4.78, 5) is 3.41. The van der Waals surface area contributed by atoms with E-state index in [1.165, 1.54) is 12.3 Å². The molecule has 62 valence electrons. The molecule has 0 atom stereocenters. The van der Waals surface area contributed by atoms with E-state index in [0.29, 0.717) is 0 Å². The van der Waals surface area contributed by atoms with Crippen molar-refractivity contribution in [1.29, 1.82) is 0 Å². The van der Waals surface area contributed by atoms with Gasteiger partial charge in [0.05, 0.1) is 5.56 Å². The number of pyridine rings is 1. The number of aromatic nitrogens is 1. The molecule has 0 N–H and O–H groups in total. The van der Waals surface area contributed by atoms with Crippen LogP contribution in [0, 0.1) is 12.3 Å². The van der Waals surface area contributed by atoms with Gasteiger partial charge in [-0.1, -0.05) is 0 Å². The zero-order valence-electron chi connectivity index (χ0n) is 5.89. The van der Waals surface area contributed by atoms with Crippen molar-refractivity contribution in [2.24, 2.45) is 0 Å². The van der Waals surface area contributed by atoms with Crippen molar-refractivity contribution in [1.82, 2.24) is 4.98 Å². The zero-order valence-corrected chi connectivity index (χ0v) is 5.89. The summed E-state index contributed by atoms with van der Waals surface area (Å²) >= 11 is 0. The minimum Gasteiger partial charge on any atom is -0.247 e. The molecule has 0 amide bonds. The van der Waals surface area contributed by atoms with Crippen LogP contribution in [0.25, 0.3) is 0 Å². The van der Waals surface area contributed by atoms with E-state index in [-0.39, 0.29) is 5.69 Å². The summed E-state index contributed by atoms with van der Waals surface area (Å²) in [6.45, 7) is 0. The van der Waals surface area contributed by atoms with Gasteiger partial charge in [0.15, 0.2) is 0 Å². The van der Waals surface area contributed by atoms with Crippen LogP contribution >= 0.6 is 0 Å². The smallest absolute Gasteiger partial charge is 0.247 e. The summed E-state index contributed by atoms with van der Waals surface area (Å²) < 4.78 is 36.3. The van der Waals surface area contributed by atoms with Crippen LogP contribution in [0.3, 0.4) is 0 Å². The summed E-state index contributed by atoms with van der Waals surface area (Å²) in [5, 5.41) is 0. The molecule has 1 rings (SSSR count). The van der Waals surface area contributed by atoms with Crippen LogP contribution in [0.5, 0.6) is 0 Å². The second-order valence-corrected chi connectivity index (χ2v) is 2.04. The molecule has 0 aromatic carbocycles. The van der Waals surface area contributed by atoms with E-state index in [1.54, 1.807) is 0 Å². The van der Waals surface area contributed by atoms with E-state index in [2.05, 4.69) is 4.98 Å². The monoisotopic (exact) mass is 171 g/mol. The lowest BCUT2D eigenvalue weighted by Crippen LogP contribution is -2.08. The molecule has 1 heterocycles. The summed E-state index contributed by atoms with van der Waals surface area (Å²) in [6, 6.07) is 2.10. The lowest BCUT2D eigenvalue weighted by molar-refractivity contribution is -0.138. The lowest BCUT2D eigenvalue weighted by Gasteiger charge is -2.06. The average Bonchev–Trinajstić information content (AvgIpc) is 2.03. The first kappa shape index (κ1) is 8.60. The third-order valence-corrected chi connectivity index (χ3v) is 1.25. The SMILES string of the molecule is C#Cc1ncccc1C(F)(F)F. The van der Waals surface area contributed by atoms with Crippen molar-refractivity contribution in [3.63, 3.8) is 0 Å². The number of terminal acetylenes is 1. The van der Waals surface area contributed by atoms with Crippen molar-refractivity contribution in [2.75, 3.05) is 0 Å². The van der Waals surface area contributed by atoms with Crippen molar-refractivity contribution in [3.8, 4) is 12.3 Å². The maximum atomic E-state index is 12.1. The molecule has 0 aliphatic rings. The molecule has 0 aliphatic carbocycles. The number of hydrogen-bond acceptors (Lipinski definition) is 1. The summed E-state index contributed by atoms with van der Waals surface area (Å²) in [6.07, 6.45) is 1.64. The molecule has 0 saturated carbocycles. The highest BCUT2D eigenvalue weighted by atomic mass is 19.4. The Labute approximate surface area is 67.2 Å². The first-order valence-corrected chi connectivity index (χ1v) is 3.04. The fourth-order valence-corrected chi connectivity index (χ4v) is 0.749. The van der Waals surface area contributed by atoms with Gasteiger partial charge in [-0.05, 0) is 18.1 Å². The van der Waals surface area contributed by atoms with Crippen molar-refractivity contribution in [3.05, 3.63) is 29.6 Å². The standard InChI is InChI=1S/C8H4F3N/c1-2-7-6(8(9,10)11)4-3-5-12-7/h1,3-5H. The fraction of sp³-hybridized carbons (Fsp3) is 0.125. The van der Waals surface area contributed by atoms with Gasteiger partial charge >= 0.3 is 6.18 Å². The minimum atomic E-state index is -4.42. The predicted octanol–water partition coefficient (Wildman–Crippen LogP) is 2.08. The number of nitrogens with zero attached hydrogens (tertiary/aromatic N) is 1. The Hall–Kier alpha value is -1.50. The van der Waals surface area contributed by atoms with Crippen molar-refractivity contribution in [2.45, 2.75) is 6.18 Å². The second kappa shape index (κ2) is 2.86. The third kappa shape index (κ3) is 1.56. The summed E-state index contributed by atoms with van der Waals surface area (Å²) in [5.41, 5.74) is -1.24. The van der Waals surface area contributed by atoms with Gasteiger partial charge in [-0.25, -0.2) is 4.98 Å². The van der Waals surface area contributed by atoms with Gasteiger partial charge in [-0.15, -0.1) is 6.42 Å². The Bertz CT molecular complexity index is 322. The van der Waals surface area contributed by atoms with Crippen LogP contribution in [-0.2, 0) is 6.18 Å². The molecule has 0 radical (unpaired) electrons. The van der Waals surface area contributed by atoms with E-state index < -0.39 is 11.7 Å². The molecular weight excluding hydrogens is 167 g/mol. The third-order valence-electron chi connectivity index (χ3n) is 1.25. The van der Waals surface area contributed by atoms with E-state index in [4.69, 9.17) is 6.42 Å². The molecule has 0 bridgehead atoms. The van der Waals surface area contributed by atoms with Crippen LogP contribution in [0.4, 0.5) is 13.2 Å². The number of halogens is 3. The van der Waals surface area contributed by atoms with E-state index >= 15 is 0 Å². The van der Waals surface area contributed by atoms with Gasteiger partial charge in [0.1, 0.15) is 5.69 Å². The Kier molecular flexibility index (Phi) is 2.05. The van der Waals surface area contributed by atoms with Crippen LogP contribution < -0.4 is 0 Å². The van der Waals surface area contributed by atoms with Gasteiger partial charge in [0, 0.05) is 6.20 Å². The largest absolute Gasteiger partial charge is 0.419 e. The van der Waals surface area contributed by atoms with Gasteiger partial charge in [0.25, 0.3) is 0 Å². The Morgan fingerprint density at radius 3 is 2.50 bits per heavy atom. The highest BCUT2D eigenvalue weighted by molar-refractivity contribution is 5.35.